The molecule has 0 aromatic heterocycles. The van der Waals surface area contributed by atoms with E-state index >= 15 is 0 Å². The number of piperidine rings is 1. The van der Waals surface area contributed by atoms with Crippen molar-refractivity contribution in [1.82, 2.24) is 4.90 Å². The van der Waals surface area contributed by atoms with Gasteiger partial charge in [0, 0.05) is 19.0 Å². The molecule has 21 heavy (non-hydrogen) atoms. The maximum absolute atomic E-state index is 12.7. The average Bonchev–Trinajstić information content (AvgIpc) is 2.53. The van der Waals surface area contributed by atoms with Gasteiger partial charge >= 0.3 is 5.97 Å². The summed E-state index contributed by atoms with van der Waals surface area (Å²) in [5.41, 5.74) is 2.62. The van der Waals surface area contributed by atoms with Crippen LogP contribution in [0.4, 0.5) is 0 Å². The second-order valence-corrected chi connectivity index (χ2v) is 6.17. The smallest absolute Gasteiger partial charge is 0.308 e. The number of hydrogen-bond donors (Lipinski definition) is 1. The number of rotatable bonds is 2. The highest BCUT2D eigenvalue weighted by atomic mass is 16.4. The Balaban J connectivity index is 1.67. The summed E-state index contributed by atoms with van der Waals surface area (Å²) < 4.78 is 0. The number of nitrogens with zero attached hydrogens (tertiary/aromatic N) is 1. The Morgan fingerprint density at radius 1 is 1.10 bits per heavy atom. The van der Waals surface area contributed by atoms with Crippen molar-refractivity contribution in [3.63, 3.8) is 0 Å². The second kappa shape index (κ2) is 5.88. The largest absolute Gasteiger partial charge is 0.481 e. The van der Waals surface area contributed by atoms with Crippen LogP contribution in [0.15, 0.2) is 24.3 Å². The average molecular weight is 287 g/mol. The summed E-state index contributed by atoms with van der Waals surface area (Å²) in [6, 6.07) is 8.30. The van der Waals surface area contributed by atoms with Crippen molar-refractivity contribution in [3.05, 3.63) is 35.4 Å². The van der Waals surface area contributed by atoms with Gasteiger partial charge in [0.25, 0.3) is 0 Å². The molecular weight excluding hydrogens is 266 g/mol. The van der Waals surface area contributed by atoms with Crippen molar-refractivity contribution in [3.8, 4) is 0 Å². The number of fused-ring (bicyclic) bond motifs is 1. The molecular formula is C17H21NO3. The molecule has 1 aliphatic heterocycles. The van der Waals surface area contributed by atoms with Crippen molar-refractivity contribution < 1.29 is 14.7 Å². The monoisotopic (exact) mass is 287 g/mol. The van der Waals surface area contributed by atoms with Crippen LogP contribution in [0.5, 0.6) is 0 Å². The molecule has 1 aromatic rings. The minimum atomic E-state index is -0.776. The van der Waals surface area contributed by atoms with Crippen LogP contribution in [-0.2, 0) is 22.4 Å². The summed E-state index contributed by atoms with van der Waals surface area (Å²) in [5.74, 6) is -0.997. The number of carbonyl (C=O) groups excluding carboxylic acids is 1. The molecule has 1 unspecified atom stereocenters. The molecule has 1 aromatic carbocycles. The molecule has 2 atom stereocenters. The molecule has 0 radical (unpaired) electrons. The van der Waals surface area contributed by atoms with Gasteiger partial charge in [0.05, 0.1) is 5.92 Å². The van der Waals surface area contributed by atoms with Crippen LogP contribution >= 0.6 is 0 Å². The standard InChI is InChI=1S/C17H21NO3/c19-16(18-9-3-6-15(11-18)17(20)21)14-8-7-12-4-1-2-5-13(12)10-14/h1-2,4-5,14-15H,3,6-11H2,(H,20,21)/t14?,15-/m1/s1. The first kappa shape index (κ1) is 14.1. The fourth-order valence-corrected chi connectivity index (χ4v) is 3.55. The van der Waals surface area contributed by atoms with Crippen LogP contribution in [0, 0.1) is 11.8 Å². The molecule has 1 N–H and O–H groups in total. The number of carbonyl (C=O) groups is 2. The third-order valence-electron chi connectivity index (χ3n) is 4.78. The molecule has 4 nitrogen and oxygen atoms in total. The lowest BCUT2D eigenvalue weighted by atomic mass is 9.82. The number of amides is 1. The maximum atomic E-state index is 12.7. The van der Waals surface area contributed by atoms with Gasteiger partial charge in [-0.25, -0.2) is 0 Å². The molecule has 0 bridgehead atoms. The summed E-state index contributed by atoms with van der Waals surface area (Å²) in [7, 11) is 0. The summed E-state index contributed by atoms with van der Waals surface area (Å²) in [5, 5.41) is 9.14. The second-order valence-electron chi connectivity index (χ2n) is 6.17. The molecule has 1 heterocycles. The molecule has 4 heteroatoms. The number of likely N-dealkylation sites (tertiary alicyclic amines) is 1. The third-order valence-corrected chi connectivity index (χ3v) is 4.78. The normalized spacial score (nSPS) is 25.2. The van der Waals surface area contributed by atoms with Crippen molar-refractivity contribution >= 4 is 11.9 Å². The number of aryl methyl sites for hydroxylation is 1. The third kappa shape index (κ3) is 2.94. The molecule has 112 valence electrons. The van der Waals surface area contributed by atoms with E-state index in [0.29, 0.717) is 19.5 Å². The predicted molar refractivity (Wildman–Crippen MR) is 78.9 cm³/mol. The first-order valence-corrected chi connectivity index (χ1v) is 7.73. The van der Waals surface area contributed by atoms with Crippen molar-refractivity contribution in [2.75, 3.05) is 13.1 Å². The van der Waals surface area contributed by atoms with Crippen LogP contribution < -0.4 is 0 Å². The van der Waals surface area contributed by atoms with E-state index in [1.165, 1.54) is 11.1 Å². The van der Waals surface area contributed by atoms with Gasteiger partial charge in [-0.15, -0.1) is 0 Å². The molecule has 1 amide bonds. The Morgan fingerprint density at radius 2 is 1.86 bits per heavy atom. The van der Waals surface area contributed by atoms with Gasteiger partial charge in [-0.2, -0.15) is 0 Å². The fraction of sp³-hybridized carbons (Fsp3) is 0.529. The van der Waals surface area contributed by atoms with Gasteiger partial charge in [0.2, 0.25) is 5.91 Å². The van der Waals surface area contributed by atoms with Crippen molar-refractivity contribution in [2.24, 2.45) is 11.8 Å². The number of carboxylic acids is 1. The van der Waals surface area contributed by atoms with Gasteiger partial charge in [-0.1, -0.05) is 24.3 Å². The van der Waals surface area contributed by atoms with E-state index in [1.54, 1.807) is 4.90 Å². The molecule has 2 aliphatic rings. The van der Waals surface area contributed by atoms with Crippen molar-refractivity contribution in [1.29, 1.82) is 0 Å². The van der Waals surface area contributed by atoms with Crippen LogP contribution in [0.2, 0.25) is 0 Å². The predicted octanol–water partition coefficient (Wildman–Crippen LogP) is 2.11. The van der Waals surface area contributed by atoms with E-state index in [4.69, 9.17) is 5.11 Å². The summed E-state index contributed by atoms with van der Waals surface area (Å²) in [6.45, 7) is 1.09. The van der Waals surface area contributed by atoms with E-state index in [-0.39, 0.29) is 11.8 Å². The Bertz CT molecular complexity index is 555. The molecule has 0 saturated carbocycles. The van der Waals surface area contributed by atoms with Gasteiger partial charge in [0.15, 0.2) is 0 Å². The minimum absolute atomic E-state index is 0.0208. The lowest BCUT2D eigenvalue weighted by molar-refractivity contribution is -0.146. The number of carboxylic acid groups (broad SMARTS) is 1. The summed E-state index contributed by atoms with van der Waals surface area (Å²) in [6.07, 6.45) is 4.11. The number of benzene rings is 1. The zero-order valence-corrected chi connectivity index (χ0v) is 12.1. The van der Waals surface area contributed by atoms with E-state index in [1.807, 2.05) is 12.1 Å². The maximum Gasteiger partial charge on any atom is 0.308 e. The van der Waals surface area contributed by atoms with E-state index in [0.717, 1.165) is 25.7 Å². The quantitative estimate of drug-likeness (QED) is 0.906. The Hall–Kier alpha value is -1.84. The lowest BCUT2D eigenvalue weighted by Crippen LogP contribution is -2.45. The summed E-state index contributed by atoms with van der Waals surface area (Å²) >= 11 is 0. The Kier molecular flexibility index (Phi) is 3.95. The molecule has 0 spiro atoms. The lowest BCUT2D eigenvalue weighted by Gasteiger charge is -2.34. The van der Waals surface area contributed by atoms with Crippen LogP contribution in [0.3, 0.4) is 0 Å². The van der Waals surface area contributed by atoms with E-state index in [9.17, 15) is 9.59 Å². The summed E-state index contributed by atoms with van der Waals surface area (Å²) in [4.78, 5) is 25.6. The van der Waals surface area contributed by atoms with Crippen LogP contribution in [0.1, 0.15) is 30.4 Å². The van der Waals surface area contributed by atoms with Crippen molar-refractivity contribution in [2.45, 2.75) is 32.1 Å². The minimum Gasteiger partial charge on any atom is -0.481 e. The molecule has 3 rings (SSSR count). The van der Waals surface area contributed by atoms with Gasteiger partial charge in [-0.3, -0.25) is 9.59 Å². The zero-order chi connectivity index (χ0) is 14.8. The van der Waals surface area contributed by atoms with Crippen LogP contribution in [-0.4, -0.2) is 35.0 Å². The fourth-order valence-electron chi connectivity index (χ4n) is 3.55. The molecule has 1 fully saturated rings. The van der Waals surface area contributed by atoms with E-state index in [2.05, 4.69) is 12.1 Å². The number of hydrogen-bond acceptors (Lipinski definition) is 2. The van der Waals surface area contributed by atoms with Gasteiger partial charge < -0.3 is 10.0 Å². The zero-order valence-electron chi connectivity index (χ0n) is 12.1. The highest BCUT2D eigenvalue weighted by molar-refractivity contribution is 5.80. The molecule has 1 saturated heterocycles. The Labute approximate surface area is 124 Å². The van der Waals surface area contributed by atoms with E-state index < -0.39 is 11.9 Å². The number of aliphatic carboxylic acids is 1. The Morgan fingerprint density at radius 3 is 2.62 bits per heavy atom. The highest BCUT2D eigenvalue weighted by Crippen LogP contribution is 2.28. The SMILES string of the molecule is O=C(O)[C@@H]1CCCN(C(=O)C2CCc3ccccc3C2)C1. The van der Waals surface area contributed by atoms with Gasteiger partial charge in [0.1, 0.15) is 0 Å². The highest BCUT2D eigenvalue weighted by Gasteiger charge is 2.33. The van der Waals surface area contributed by atoms with Crippen LogP contribution in [0.25, 0.3) is 0 Å². The first-order valence-electron chi connectivity index (χ1n) is 7.73. The van der Waals surface area contributed by atoms with Gasteiger partial charge in [-0.05, 0) is 43.2 Å². The topological polar surface area (TPSA) is 57.6 Å². The first-order chi connectivity index (χ1) is 10.1. The molecule has 1 aliphatic carbocycles.